The first-order valence-corrected chi connectivity index (χ1v) is 21.8. The van der Waals surface area contributed by atoms with E-state index in [2.05, 4.69) is 15.2 Å². The van der Waals surface area contributed by atoms with Crippen LogP contribution in [0.4, 0.5) is 13.2 Å². The lowest BCUT2D eigenvalue weighted by atomic mass is 9.84. The van der Waals surface area contributed by atoms with Gasteiger partial charge in [0, 0.05) is 79.7 Å². The van der Waals surface area contributed by atoms with E-state index in [0.29, 0.717) is 68.6 Å². The molecule has 4 atom stereocenters. The number of carbonyl (C=O) groups is 5. The van der Waals surface area contributed by atoms with Gasteiger partial charge in [-0.2, -0.15) is 0 Å². The Morgan fingerprint density at radius 1 is 0.887 bits per heavy atom. The first kappa shape index (κ1) is 40.5. The number of allylic oxidation sites excluding steroid dienone is 2. The van der Waals surface area contributed by atoms with Gasteiger partial charge < -0.3 is 9.88 Å². The third kappa shape index (κ3) is 7.04. The third-order valence-corrected chi connectivity index (χ3v) is 14.2. The van der Waals surface area contributed by atoms with Gasteiger partial charge >= 0.3 is 0 Å². The SMILES string of the molecule is C[C@@H]1Cc2c([nH]c3ccccc23)[C@@H](c2ccc(C3=CCC(C(=O)N4CCC(N5Cc6cc7c(cc6C5)C(=O)N(C5CCC(=O)NC5=O)C7=O)CC4)CC3)cc2F)N1CC(C)(F)F. The van der Waals surface area contributed by atoms with Gasteiger partial charge in [-0.25, -0.2) is 13.2 Å². The number of halogens is 3. The third-order valence-electron chi connectivity index (χ3n) is 14.2. The van der Waals surface area contributed by atoms with E-state index < -0.39 is 54.0 Å². The topological polar surface area (TPSA) is 126 Å². The van der Waals surface area contributed by atoms with Crippen molar-refractivity contribution < 1.29 is 37.1 Å². The number of carbonyl (C=O) groups excluding carboxylic acids is 5. The molecule has 0 saturated carbocycles. The molecule has 2 saturated heterocycles. The number of likely N-dealkylation sites (tertiary alicyclic amines) is 1. The van der Waals surface area contributed by atoms with Crippen LogP contribution >= 0.6 is 0 Å². The number of aromatic nitrogens is 1. The average molecular weight is 847 g/mol. The summed E-state index contributed by atoms with van der Waals surface area (Å²) >= 11 is 0. The number of fused-ring (bicyclic) bond motifs is 5. The van der Waals surface area contributed by atoms with Gasteiger partial charge in [0.2, 0.25) is 17.7 Å². The summed E-state index contributed by atoms with van der Waals surface area (Å²) in [5.74, 6) is -5.50. The zero-order valence-corrected chi connectivity index (χ0v) is 34.8. The van der Waals surface area contributed by atoms with E-state index in [1.807, 2.05) is 48.2 Å². The molecule has 0 spiro atoms. The maximum absolute atomic E-state index is 16.4. The first-order chi connectivity index (χ1) is 29.7. The number of amides is 5. The molecule has 4 aromatic rings. The Balaban J connectivity index is 0.768. The second-order valence-corrected chi connectivity index (χ2v) is 18.3. The van der Waals surface area contributed by atoms with Crippen molar-refractivity contribution >= 4 is 46.0 Å². The lowest BCUT2D eigenvalue weighted by molar-refractivity contribution is -0.138. The van der Waals surface area contributed by atoms with Gasteiger partial charge in [0.05, 0.1) is 23.7 Å². The lowest BCUT2D eigenvalue weighted by Gasteiger charge is -2.42. The molecule has 14 heteroatoms. The van der Waals surface area contributed by atoms with Crippen LogP contribution in [-0.4, -0.2) is 97.8 Å². The summed E-state index contributed by atoms with van der Waals surface area (Å²) in [4.78, 5) is 75.2. The van der Waals surface area contributed by atoms with Gasteiger partial charge in [-0.1, -0.05) is 36.4 Å². The van der Waals surface area contributed by atoms with Crippen molar-refractivity contribution in [3.8, 4) is 0 Å². The average Bonchev–Trinajstić information content (AvgIpc) is 3.91. The van der Waals surface area contributed by atoms with Gasteiger partial charge in [-0.05, 0) is 104 Å². The Morgan fingerprint density at radius 2 is 1.60 bits per heavy atom. The minimum Gasteiger partial charge on any atom is -0.357 e. The molecule has 6 heterocycles. The van der Waals surface area contributed by atoms with Crippen molar-refractivity contribution in [1.82, 2.24) is 29.9 Å². The maximum Gasteiger partial charge on any atom is 0.262 e. The van der Waals surface area contributed by atoms with Crippen molar-refractivity contribution in [2.24, 2.45) is 5.92 Å². The van der Waals surface area contributed by atoms with E-state index in [1.54, 1.807) is 23.1 Å². The highest BCUT2D eigenvalue weighted by atomic mass is 19.3. The molecule has 6 aliphatic rings. The minimum atomic E-state index is -2.97. The van der Waals surface area contributed by atoms with Crippen LogP contribution in [0.3, 0.4) is 0 Å². The van der Waals surface area contributed by atoms with Crippen molar-refractivity contribution in [3.63, 3.8) is 0 Å². The molecule has 2 N–H and O–H groups in total. The van der Waals surface area contributed by atoms with Gasteiger partial charge in [-0.15, -0.1) is 0 Å². The number of benzene rings is 3. The first-order valence-electron chi connectivity index (χ1n) is 21.8. The number of aromatic amines is 1. The Hall–Kier alpha value is -5.60. The Labute approximate surface area is 357 Å². The number of nitrogens with one attached hydrogen (secondary N) is 2. The predicted octanol–water partition coefficient (Wildman–Crippen LogP) is 6.89. The van der Waals surface area contributed by atoms with Crippen LogP contribution in [0.15, 0.2) is 60.7 Å². The summed E-state index contributed by atoms with van der Waals surface area (Å²) in [5, 5.41) is 3.27. The highest BCUT2D eigenvalue weighted by Gasteiger charge is 2.46. The smallest absolute Gasteiger partial charge is 0.262 e. The van der Waals surface area contributed by atoms with E-state index in [-0.39, 0.29) is 36.8 Å². The van der Waals surface area contributed by atoms with Crippen molar-refractivity contribution in [2.75, 3.05) is 19.6 Å². The molecule has 1 aliphatic carbocycles. The predicted molar refractivity (Wildman–Crippen MR) is 224 cm³/mol. The number of rotatable bonds is 7. The summed E-state index contributed by atoms with van der Waals surface area (Å²) < 4.78 is 45.6. The van der Waals surface area contributed by atoms with Gasteiger partial charge in [0.25, 0.3) is 17.7 Å². The van der Waals surface area contributed by atoms with E-state index in [9.17, 15) is 32.8 Å². The van der Waals surface area contributed by atoms with E-state index in [0.717, 1.165) is 69.1 Å². The monoisotopic (exact) mass is 846 g/mol. The standard InChI is InChI=1S/C48H49F3N6O5/c1-26-19-35-33-5-3-4-6-39(33)52-42(35)43(56(26)25-48(2,50)51)34-12-11-29(22-38(34)49)27-7-9-28(10-8-27)45(60)54-17-15-32(16-18-54)55-23-30-20-36-37(21-31(30)24-55)47(62)57(46(36)61)40-13-14-41(58)53-44(40)59/h3-7,11-12,20-22,26,28,32,40,43,52H,8-10,13-19,23-25H2,1-2H3,(H,53,58,59)/t26-,28?,40?,43-/m1/s1. The normalized spacial score (nSPS) is 25.0. The van der Waals surface area contributed by atoms with Crippen molar-refractivity contribution in [3.05, 3.63) is 111 Å². The highest BCUT2D eigenvalue weighted by molar-refractivity contribution is 6.23. The van der Waals surface area contributed by atoms with Crippen LogP contribution in [0.2, 0.25) is 0 Å². The van der Waals surface area contributed by atoms with Crippen LogP contribution in [0.25, 0.3) is 16.5 Å². The van der Waals surface area contributed by atoms with E-state index >= 15 is 4.39 Å². The molecule has 3 aromatic carbocycles. The summed E-state index contributed by atoms with van der Waals surface area (Å²) in [6, 6.07) is 14.9. The van der Waals surface area contributed by atoms with E-state index in [1.165, 1.54) is 6.07 Å². The fourth-order valence-corrected chi connectivity index (χ4v) is 11.0. The fraction of sp³-hybridized carbons (Fsp3) is 0.438. The number of imide groups is 2. The van der Waals surface area contributed by atoms with Gasteiger partial charge in [-0.3, -0.25) is 44.0 Å². The Bertz CT molecular complexity index is 2550. The lowest BCUT2D eigenvalue weighted by Crippen LogP contribution is -2.54. The molecule has 62 heavy (non-hydrogen) atoms. The molecule has 5 amide bonds. The molecule has 10 rings (SSSR count). The second kappa shape index (κ2) is 15.3. The number of hydrogen-bond donors (Lipinski definition) is 2. The molecule has 2 unspecified atom stereocenters. The maximum atomic E-state index is 16.4. The van der Waals surface area contributed by atoms with Crippen LogP contribution in [0.1, 0.15) is 119 Å². The largest absolute Gasteiger partial charge is 0.357 e. The molecule has 2 fully saturated rings. The highest BCUT2D eigenvalue weighted by Crippen LogP contribution is 2.44. The van der Waals surface area contributed by atoms with Crippen molar-refractivity contribution in [1.29, 1.82) is 0 Å². The number of alkyl halides is 2. The van der Waals surface area contributed by atoms with Crippen molar-refractivity contribution in [2.45, 2.75) is 108 Å². The van der Waals surface area contributed by atoms with E-state index in [4.69, 9.17) is 0 Å². The summed E-state index contributed by atoms with van der Waals surface area (Å²) in [6.07, 6.45) is 6.24. The summed E-state index contributed by atoms with van der Waals surface area (Å²) in [6.45, 7) is 4.84. The molecule has 1 aromatic heterocycles. The Kier molecular flexibility index (Phi) is 10.0. The van der Waals surface area contributed by atoms with Crippen LogP contribution in [0, 0.1) is 11.7 Å². The number of nitrogens with zero attached hydrogens (tertiary/aromatic N) is 4. The molecular formula is C48H49F3N6O5. The second-order valence-electron chi connectivity index (χ2n) is 18.3. The van der Waals surface area contributed by atoms with Crippen LogP contribution < -0.4 is 5.32 Å². The van der Waals surface area contributed by atoms with Gasteiger partial charge in [0.1, 0.15) is 11.9 Å². The quantitative estimate of drug-likeness (QED) is 0.194. The number of para-hydroxylation sites is 1. The zero-order valence-electron chi connectivity index (χ0n) is 34.8. The molecule has 322 valence electrons. The fourth-order valence-electron chi connectivity index (χ4n) is 11.0. The Morgan fingerprint density at radius 3 is 2.24 bits per heavy atom. The number of H-pyrrole nitrogens is 1. The zero-order chi connectivity index (χ0) is 43.2. The van der Waals surface area contributed by atoms with Crippen LogP contribution in [0.5, 0.6) is 0 Å². The van der Waals surface area contributed by atoms with Gasteiger partial charge in [0.15, 0.2) is 0 Å². The molecule has 5 aliphatic heterocycles. The number of piperidine rings is 2. The molecular weight excluding hydrogens is 798 g/mol. The molecule has 0 radical (unpaired) electrons. The van der Waals surface area contributed by atoms with Crippen LogP contribution in [-0.2, 0) is 33.9 Å². The number of hydrogen-bond acceptors (Lipinski definition) is 7. The summed E-state index contributed by atoms with van der Waals surface area (Å²) in [7, 11) is 0. The molecule has 11 nitrogen and oxygen atoms in total. The molecule has 0 bridgehead atoms. The minimum absolute atomic E-state index is 0.0700. The summed E-state index contributed by atoms with van der Waals surface area (Å²) in [5.41, 5.74) is 7.31.